The summed E-state index contributed by atoms with van der Waals surface area (Å²) >= 11 is 1.48. The van der Waals surface area contributed by atoms with Crippen molar-refractivity contribution in [2.45, 2.75) is 13.8 Å². The normalized spacial score (nSPS) is 10.8. The lowest BCUT2D eigenvalue weighted by molar-refractivity contribution is -0.118. The molecule has 0 aliphatic heterocycles. The number of hydrogen-bond donors (Lipinski definition) is 1. The Kier molecular flexibility index (Phi) is 3.57. The summed E-state index contributed by atoms with van der Waals surface area (Å²) in [6.07, 6.45) is 0. The van der Waals surface area contributed by atoms with Gasteiger partial charge in [0.2, 0.25) is 4.96 Å². The monoisotopic (exact) mass is 302 g/mol. The van der Waals surface area contributed by atoms with Crippen molar-refractivity contribution in [2.75, 3.05) is 11.9 Å². The Bertz CT molecular complexity index is 793. The van der Waals surface area contributed by atoms with Gasteiger partial charge in [0, 0.05) is 5.38 Å². The maximum absolute atomic E-state index is 11.9. The Hall–Kier alpha value is -2.41. The Labute approximate surface area is 125 Å². The number of ether oxygens (including phenoxy) is 1. The van der Waals surface area contributed by atoms with Gasteiger partial charge in [-0.2, -0.15) is 4.98 Å². The van der Waals surface area contributed by atoms with Crippen LogP contribution in [-0.4, -0.2) is 27.1 Å². The third-order valence-electron chi connectivity index (χ3n) is 2.95. The molecule has 0 spiro atoms. The van der Waals surface area contributed by atoms with Crippen molar-refractivity contribution in [3.05, 3.63) is 40.9 Å². The number of carbonyl (C=O) groups excluding carboxylic acids is 1. The van der Waals surface area contributed by atoms with E-state index in [9.17, 15) is 4.79 Å². The lowest BCUT2D eigenvalue weighted by atomic mass is 10.2. The van der Waals surface area contributed by atoms with Crippen LogP contribution in [0.15, 0.2) is 29.6 Å². The molecule has 1 N–H and O–H groups in total. The number of nitrogens with zero attached hydrogens (tertiary/aromatic N) is 3. The lowest BCUT2D eigenvalue weighted by Crippen LogP contribution is -2.21. The zero-order valence-corrected chi connectivity index (χ0v) is 12.5. The number of aromatic nitrogens is 3. The number of para-hydroxylation sites is 1. The predicted molar refractivity (Wildman–Crippen MR) is 80.9 cm³/mol. The van der Waals surface area contributed by atoms with E-state index in [-0.39, 0.29) is 12.5 Å². The molecule has 0 unspecified atom stereocenters. The summed E-state index contributed by atoms with van der Waals surface area (Å²) in [5.74, 6) is 0.708. The van der Waals surface area contributed by atoms with Gasteiger partial charge in [-0.05, 0) is 25.5 Å². The average Bonchev–Trinajstić information content (AvgIpc) is 3.00. The van der Waals surface area contributed by atoms with E-state index in [1.807, 2.05) is 43.5 Å². The molecule has 3 rings (SSSR count). The minimum Gasteiger partial charge on any atom is -0.483 e. The highest BCUT2D eigenvalue weighted by molar-refractivity contribution is 7.15. The summed E-state index contributed by atoms with van der Waals surface area (Å²) in [6, 6.07) is 7.55. The van der Waals surface area contributed by atoms with Crippen LogP contribution in [0.4, 0.5) is 5.95 Å². The summed E-state index contributed by atoms with van der Waals surface area (Å²) in [5, 5.41) is 8.81. The van der Waals surface area contributed by atoms with Crippen LogP contribution in [-0.2, 0) is 4.79 Å². The summed E-state index contributed by atoms with van der Waals surface area (Å²) in [4.78, 5) is 16.8. The summed E-state index contributed by atoms with van der Waals surface area (Å²) in [5.41, 5.74) is 1.97. The molecule has 1 aromatic carbocycles. The molecule has 7 heteroatoms. The van der Waals surface area contributed by atoms with Crippen molar-refractivity contribution < 1.29 is 9.53 Å². The molecule has 21 heavy (non-hydrogen) atoms. The van der Waals surface area contributed by atoms with Gasteiger partial charge >= 0.3 is 0 Å². The van der Waals surface area contributed by atoms with Crippen LogP contribution < -0.4 is 10.1 Å². The first-order valence-electron chi connectivity index (χ1n) is 6.42. The van der Waals surface area contributed by atoms with Crippen LogP contribution in [0.25, 0.3) is 4.96 Å². The van der Waals surface area contributed by atoms with Crippen LogP contribution in [0.5, 0.6) is 5.75 Å². The molecule has 0 bridgehead atoms. The van der Waals surface area contributed by atoms with Crippen molar-refractivity contribution in [1.29, 1.82) is 0 Å². The second-order valence-corrected chi connectivity index (χ2v) is 5.45. The Balaban J connectivity index is 1.62. The number of rotatable bonds is 4. The molecule has 3 aromatic rings. The van der Waals surface area contributed by atoms with Crippen molar-refractivity contribution in [1.82, 2.24) is 14.6 Å². The van der Waals surface area contributed by atoms with E-state index >= 15 is 0 Å². The van der Waals surface area contributed by atoms with Gasteiger partial charge < -0.3 is 4.74 Å². The first kappa shape index (κ1) is 13.6. The number of nitrogens with one attached hydrogen (secondary N) is 1. The highest BCUT2D eigenvalue weighted by Crippen LogP contribution is 2.17. The van der Waals surface area contributed by atoms with E-state index < -0.39 is 0 Å². The smallest absolute Gasteiger partial charge is 0.264 e. The Morgan fingerprint density at radius 1 is 1.38 bits per heavy atom. The van der Waals surface area contributed by atoms with Crippen LogP contribution >= 0.6 is 11.3 Å². The molecule has 0 atom stereocenters. The SMILES string of the molecule is Cc1ccccc1OCC(=O)Nc1nc2scc(C)n2n1. The summed E-state index contributed by atoms with van der Waals surface area (Å²) in [6.45, 7) is 3.79. The summed E-state index contributed by atoms with van der Waals surface area (Å²) in [7, 11) is 0. The maximum atomic E-state index is 11.9. The number of amides is 1. The fourth-order valence-corrected chi connectivity index (χ4v) is 2.67. The minimum atomic E-state index is -0.283. The van der Waals surface area contributed by atoms with Crippen molar-refractivity contribution in [3.63, 3.8) is 0 Å². The molecule has 2 heterocycles. The van der Waals surface area contributed by atoms with E-state index in [1.165, 1.54) is 11.3 Å². The molecule has 0 saturated heterocycles. The first-order valence-corrected chi connectivity index (χ1v) is 7.30. The number of carbonyl (C=O) groups is 1. The average molecular weight is 302 g/mol. The van der Waals surface area contributed by atoms with Crippen LogP contribution in [0.2, 0.25) is 0 Å². The number of thiazole rings is 1. The Morgan fingerprint density at radius 2 is 2.19 bits per heavy atom. The molecular weight excluding hydrogens is 288 g/mol. The van der Waals surface area contributed by atoms with Gasteiger partial charge in [-0.1, -0.05) is 18.2 Å². The number of aryl methyl sites for hydroxylation is 2. The number of hydrogen-bond acceptors (Lipinski definition) is 5. The van der Waals surface area contributed by atoms with Crippen LogP contribution in [0.3, 0.4) is 0 Å². The van der Waals surface area contributed by atoms with Gasteiger partial charge in [0.05, 0.1) is 5.69 Å². The van der Waals surface area contributed by atoms with Gasteiger partial charge in [-0.3, -0.25) is 10.1 Å². The van der Waals surface area contributed by atoms with Crippen molar-refractivity contribution in [2.24, 2.45) is 0 Å². The quantitative estimate of drug-likeness (QED) is 0.803. The topological polar surface area (TPSA) is 68.5 Å². The van der Waals surface area contributed by atoms with Gasteiger partial charge in [0.25, 0.3) is 11.9 Å². The minimum absolute atomic E-state index is 0.0727. The zero-order chi connectivity index (χ0) is 14.8. The van der Waals surface area contributed by atoms with Gasteiger partial charge in [-0.15, -0.1) is 16.4 Å². The third kappa shape index (κ3) is 2.87. The maximum Gasteiger partial charge on any atom is 0.264 e. The fourth-order valence-electron chi connectivity index (χ4n) is 1.87. The highest BCUT2D eigenvalue weighted by atomic mass is 32.1. The number of fused-ring (bicyclic) bond motifs is 1. The largest absolute Gasteiger partial charge is 0.483 e. The molecule has 2 aromatic heterocycles. The molecule has 0 saturated carbocycles. The van der Waals surface area contributed by atoms with E-state index in [0.717, 1.165) is 16.2 Å². The molecule has 1 amide bonds. The van der Waals surface area contributed by atoms with E-state index in [4.69, 9.17) is 4.74 Å². The summed E-state index contributed by atoms with van der Waals surface area (Å²) < 4.78 is 7.18. The molecule has 108 valence electrons. The van der Waals surface area contributed by atoms with Crippen LogP contribution in [0.1, 0.15) is 11.3 Å². The van der Waals surface area contributed by atoms with Crippen molar-refractivity contribution >= 4 is 28.2 Å². The lowest BCUT2D eigenvalue weighted by Gasteiger charge is -2.07. The second kappa shape index (κ2) is 5.53. The fraction of sp³-hybridized carbons (Fsp3) is 0.214. The number of benzene rings is 1. The molecule has 0 radical (unpaired) electrons. The van der Waals surface area contributed by atoms with Gasteiger partial charge in [0.15, 0.2) is 6.61 Å². The zero-order valence-electron chi connectivity index (χ0n) is 11.7. The Morgan fingerprint density at radius 3 is 2.95 bits per heavy atom. The van der Waals surface area contributed by atoms with E-state index in [2.05, 4.69) is 15.4 Å². The molecule has 0 fully saturated rings. The molecular formula is C14H14N4O2S. The van der Waals surface area contributed by atoms with Crippen molar-refractivity contribution in [3.8, 4) is 5.75 Å². The van der Waals surface area contributed by atoms with E-state index in [0.29, 0.717) is 11.7 Å². The molecule has 6 nitrogen and oxygen atoms in total. The van der Waals surface area contributed by atoms with E-state index in [1.54, 1.807) is 4.52 Å². The molecule has 0 aliphatic carbocycles. The van der Waals surface area contributed by atoms with Gasteiger partial charge in [0.1, 0.15) is 5.75 Å². The molecule has 0 aliphatic rings. The standard InChI is InChI=1S/C14H14N4O2S/c1-9-5-3-4-6-11(9)20-7-12(19)15-13-16-14-18(17-13)10(2)8-21-14/h3-6,8H,7H2,1-2H3,(H,15,17,19). The second-order valence-electron chi connectivity index (χ2n) is 4.61. The number of anilines is 1. The predicted octanol–water partition coefficient (Wildman–Crippen LogP) is 2.43. The third-order valence-corrected chi connectivity index (χ3v) is 3.88. The highest BCUT2D eigenvalue weighted by Gasteiger charge is 2.11. The van der Waals surface area contributed by atoms with Gasteiger partial charge in [-0.25, -0.2) is 4.52 Å². The first-order chi connectivity index (χ1) is 10.1. The van der Waals surface area contributed by atoms with Crippen LogP contribution in [0, 0.1) is 13.8 Å².